The molecule has 1 rings (SSSR count). The van der Waals surface area contributed by atoms with E-state index in [1.54, 1.807) is 0 Å². The lowest BCUT2D eigenvalue weighted by Gasteiger charge is -2.32. The minimum Gasteiger partial charge on any atom is -0.373 e. The first kappa shape index (κ1) is 18.4. The number of amides is 1. The summed E-state index contributed by atoms with van der Waals surface area (Å²) in [7, 11) is 0. The van der Waals surface area contributed by atoms with Crippen molar-refractivity contribution in [1.29, 1.82) is 0 Å². The molecule has 1 unspecified atom stereocenters. The van der Waals surface area contributed by atoms with Crippen molar-refractivity contribution >= 4 is 5.91 Å². The molecular weight excluding hydrogens is 264 g/mol. The zero-order chi connectivity index (χ0) is 15.3. The highest BCUT2D eigenvalue weighted by molar-refractivity contribution is 5.76. The second-order valence-corrected chi connectivity index (χ2v) is 6.15. The van der Waals surface area contributed by atoms with E-state index in [0.717, 1.165) is 13.0 Å². The molecule has 21 heavy (non-hydrogen) atoms. The largest absolute Gasteiger partial charge is 0.373 e. The van der Waals surface area contributed by atoms with Crippen molar-refractivity contribution in [3.63, 3.8) is 0 Å². The van der Waals surface area contributed by atoms with Crippen LogP contribution >= 0.6 is 0 Å². The Balaban J connectivity index is 1.96. The molecule has 0 aliphatic carbocycles. The van der Waals surface area contributed by atoms with Gasteiger partial charge in [-0.25, -0.2) is 0 Å². The first-order valence-electron chi connectivity index (χ1n) is 8.87. The SMILES string of the molecule is CCCCCCCCCCCC(=O)N1CCOC(CN)C1. The Morgan fingerprint density at radius 2 is 1.71 bits per heavy atom. The van der Waals surface area contributed by atoms with Crippen LogP contribution < -0.4 is 5.73 Å². The summed E-state index contributed by atoms with van der Waals surface area (Å²) < 4.78 is 5.49. The maximum absolute atomic E-state index is 12.1. The van der Waals surface area contributed by atoms with Crippen molar-refractivity contribution in [2.45, 2.75) is 77.2 Å². The third kappa shape index (κ3) is 8.42. The number of hydrogen-bond donors (Lipinski definition) is 1. The van der Waals surface area contributed by atoms with E-state index in [2.05, 4.69) is 6.92 Å². The average Bonchev–Trinajstić information content (AvgIpc) is 2.53. The average molecular weight is 298 g/mol. The topological polar surface area (TPSA) is 55.6 Å². The maximum Gasteiger partial charge on any atom is 0.222 e. The molecule has 1 fully saturated rings. The molecule has 0 aromatic carbocycles. The quantitative estimate of drug-likeness (QED) is 0.596. The third-order valence-corrected chi connectivity index (χ3v) is 4.25. The standard InChI is InChI=1S/C17H34N2O2/c1-2-3-4-5-6-7-8-9-10-11-17(20)19-12-13-21-16(14-18)15-19/h16H,2-15,18H2,1H3. The van der Waals surface area contributed by atoms with Crippen LogP contribution in [0.15, 0.2) is 0 Å². The zero-order valence-electron chi connectivity index (χ0n) is 13.8. The molecule has 0 aromatic heterocycles. The van der Waals surface area contributed by atoms with Gasteiger partial charge in [-0.05, 0) is 6.42 Å². The van der Waals surface area contributed by atoms with E-state index in [1.165, 1.54) is 51.4 Å². The van der Waals surface area contributed by atoms with Gasteiger partial charge in [-0.15, -0.1) is 0 Å². The van der Waals surface area contributed by atoms with Crippen LogP contribution in [0.3, 0.4) is 0 Å². The lowest BCUT2D eigenvalue weighted by Crippen LogP contribution is -2.48. The van der Waals surface area contributed by atoms with Gasteiger partial charge < -0.3 is 15.4 Å². The van der Waals surface area contributed by atoms with Crippen molar-refractivity contribution in [3.05, 3.63) is 0 Å². The van der Waals surface area contributed by atoms with E-state index in [4.69, 9.17) is 10.5 Å². The zero-order valence-corrected chi connectivity index (χ0v) is 13.8. The van der Waals surface area contributed by atoms with Gasteiger partial charge in [-0.1, -0.05) is 58.3 Å². The molecule has 0 bridgehead atoms. The Bertz CT molecular complexity index is 272. The summed E-state index contributed by atoms with van der Waals surface area (Å²) in [4.78, 5) is 14.0. The number of nitrogens with zero attached hydrogens (tertiary/aromatic N) is 1. The number of carbonyl (C=O) groups is 1. The number of morpholine rings is 1. The van der Waals surface area contributed by atoms with Crippen LogP contribution in [0.1, 0.15) is 71.1 Å². The van der Waals surface area contributed by atoms with Gasteiger partial charge in [0.1, 0.15) is 0 Å². The Morgan fingerprint density at radius 3 is 2.33 bits per heavy atom. The predicted octanol–water partition coefficient (Wildman–Crippen LogP) is 3.09. The molecule has 124 valence electrons. The molecule has 1 atom stereocenters. The van der Waals surface area contributed by atoms with Gasteiger partial charge in [0, 0.05) is 26.1 Å². The summed E-state index contributed by atoms with van der Waals surface area (Å²) in [5.41, 5.74) is 5.60. The van der Waals surface area contributed by atoms with Gasteiger partial charge in [0.05, 0.1) is 12.7 Å². The van der Waals surface area contributed by atoms with Gasteiger partial charge in [-0.2, -0.15) is 0 Å². The van der Waals surface area contributed by atoms with Crippen LogP contribution in [-0.2, 0) is 9.53 Å². The predicted molar refractivity (Wildman–Crippen MR) is 87.2 cm³/mol. The first-order chi connectivity index (χ1) is 10.3. The molecule has 1 aliphatic heterocycles. The van der Waals surface area contributed by atoms with Crippen molar-refractivity contribution in [1.82, 2.24) is 4.90 Å². The van der Waals surface area contributed by atoms with E-state index in [1.807, 2.05) is 4.90 Å². The Hall–Kier alpha value is -0.610. The van der Waals surface area contributed by atoms with Crippen molar-refractivity contribution in [2.75, 3.05) is 26.2 Å². The Labute approximate surface area is 130 Å². The van der Waals surface area contributed by atoms with Crippen LogP contribution in [0.25, 0.3) is 0 Å². The minimum atomic E-state index is 0.0332. The number of unbranched alkanes of at least 4 members (excludes halogenated alkanes) is 8. The van der Waals surface area contributed by atoms with Gasteiger partial charge in [0.25, 0.3) is 0 Å². The van der Waals surface area contributed by atoms with E-state index in [0.29, 0.717) is 26.1 Å². The first-order valence-corrected chi connectivity index (χ1v) is 8.87. The van der Waals surface area contributed by atoms with Crippen molar-refractivity contribution in [3.8, 4) is 0 Å². The fourth-order valence-corrected chi connectivity index (χ4v) is 2.83. The van der Waals surface area contributed by atoms with Crippen LogP contribution in [-0.4, -0.2) is 43.2 Å². The highest BCUT2D eigenvalue weighted by Crippen LogP contribution is 2.12. The molecule has 1 heterocycles. The third-order valence-electron chi connectivity index (χ3n) is 4.25. The van der Waals surface area contributed by atoms with Gasteiger partial charge in [0.15, 0.2) is 0 Å². The summed E-state index contributed by atoms with van der Waals surface area (Å²) in [6, 6.07) is 0. The van der Waals surface area contributed by atoms with Gasteiger partial charge in [0.2, 0.25) is 5.91 Å². The lowest BCUT2D eigenvalue weighted by molar-refractivity contribution is -0.138. The summed E-state index contributed by atoms with van der Waals surface area (Å²) in [6.07, 6.45) is 12.3. The summed E-state index contributed by atoms with van der Waals surface area (Å²) >= 11 is 0. The van der Waals surface area contributed by atoms with Crippen LogP contribution in [0.5, 0.6) is 0 Å². The molecule has 2 N–H and O–H groups in total. The maximum atomic E-state index is 12.1. The summed E-state index contributed by atoms with van der Waals surface area (Å²) in [6.45, 7) is 4.79. The highest BCUT2D eigenvalue weighted by atomic mass is 16.5. The van der Waals surface area contributed by atoms with Crippen LogP contribution in [0.4, 0.5) is 0 Å². The fraction of sp³-hybridized carbons (Fsp3) is 0.941. The number of nitrogens with two attached hydrogens (primary N) is 1. The molecule has 4 nitrogen and oxygen atoms in total. The van der Waals surface area contributed by atoms with E-state index < -0.39 is 0 Å². The number of hydrogen-bond acceptors (Lipinski definition) is 3. The number of rotatable bonds is 11. The lowest BCUT2D eigenvalue weighted by atomic mass is 10.1. The fourth-order valence-electron chi connectivity index (χ4n) is 2.83. The molecule has 1 amide bonds. The van der Waals surface area contributed by atoms with Gasteiger partial charge >= 0.3 is 0 Å². The van der Waals surface area contributed by atoms with Crippen molar-refractivity contribution < 1.29 is 9.53 Å². The van der Waals surface area contributed by atoms with E-state index in [9.17, 15) is 4.79 Å². The molecule has 0 radical (unpaired) electrons. The van der Waals surface area contributed by atoms with Crippen molar-refractivity contribution in [2.24, 2.45) is 5.73 Å². The molecule has 0 spiro atoms. The second-order valence-electron chi connectivity index (χ2n) is 6.15. The van der Waals surface area contributed by atoms with Gasteiger partial charge in [-0.3, -0.25) is 4.79 Å². The Kier molecular flexibility index (Phi) is 10.5. The number of ether oxygens (including phenoxy) is 1. The normalized spacial score (nSPS) is 19.0. The van der Waals surface area contributed by atoms with E-state index in [-0.39, 0.29) is 12.0 Å². The smallest absolute Gasteiger partial charge is 0.222 e. The molecule has 1 aliphatic rings. The molecular formula is C17H34N2O2. The molecule has 0 aromatic rings. The summed E-state index contributed by atoms with van der Waals surface area (Å²) in [5.74, 6) is 0.277. The monoisotopic (exact) mass is 298 g/mol. The Morgan fingerprint density at radius 1 is 1.10 bits per heavy atom. The van der Waals surface area contributed by atoms with Crippen LogP contribution in [0, 0.1) is 0 Å². The summed E-state index contributed by atoms with van der Waals surface area (Å²) in [5, 5.41) is 0. The van der Waals surface area contributed by atoms with E-state index >= 15 is 0 Å². The second kappa shape index (κ2) is 12.0. The van der Waals surface area contributed by atoms with Crippen LogP contribution in [0.2, 0.25) is 0 Å². The number of carbonyl (C=O) groups excluding carboxylic acids is 1. The minimum absolute atomic E-state index is 0.0332. The highest BCUT2D eigenvalue weighted by Gasteiger charge is 2.22. The molecule has 1 saturated heterocycles. The molecule has 0 saturated carbocycles. The molecule has 4 heteroatoms.